The van der Waals surface area contributed by atoms with Crippen molar-refractivity contribution in [2.45, 2.75) is 37.2 Å². The van der Waals surface area contributed by atoms with Gasteiger partial charge in [0.1, 0.15) is 5.82 Å². The summed E-state index contributed by atoms with van der Waals surface area (Å²) in [5.74, 6) is 0.214. The molecule has 0 unspecified atom stereocenters. The Morgan fingerprint density at radius 1 is 1.18 bits per heavy atom. The van der Waals surface area contributed by atoms with E-state index >= 15 is 0 Å². The number of hydrogen-bond donors (Lipinski definition) is 1. The van der Waals surface area contributed by atoms with Gasteiger partial charge in [0, 0.05) is 22.8 Å². The standard InChI is InChI=1S/C20H20ClFN4OS/c1-3-12-26-18(14-4-6-15(21)7-5-14)24-25-20(26)28-13(2)19(27)23-17-10-8-16(22)9-11-17/h4-11,13H,3,12H2,1-2H3,(H,23,27)/t13-/m1/s1. The van der Waals surface area contributed by atoms with Crippen LogP contribution in [-0.4, -0.2) is 25.9 Å². The zero-order valence-corrected chi connectivity index (χ0v) is 17.1. The van der Waals surface area contributed by atoms with Crippen molar-refractivity contribution >= 4 is 35.0 Å². The zero-order valence-electron chi connectivity index (χ0n) is 15.5. The van der Waals surface area contributed by atoms with Gasteiger partial charge in [0.2, 0.25) is 5.91 Å². The van der Waals surface area contributed by atoms with Crippen molar-refractivity contribution in [3.05, 3.63) is 59.4 Å². The van der Waals surface area contributed by atoms with Crippen molar-refractivity contribution in [2.75, 3.05) is 5.32 Å². The summed E-state index contributed by atoms with van der Waals surface area (Å²) in [6, 6.07) is 13.1. The van der Waals surface area contributed by atoms with Gasteiger partial charge in [-0.15, -0.1) is 10.2 Å². The third kappa shape index (κ3) is 4.91. The van der Waals surface area contributed by atoms with Crippen molar-refractivity contribution in [2.24, 2.45) is 0 Å². The van der Waals surface area contributed by atoms with Crippen molar-refractivity contribution in [1.29, 1.82) is 0 Å². The van der Waals surface area contributed by atoms with Gasteiger partial charge in [-0.2, -0.15) is 0 Å². The summed E-state index contributed by atoms with van der Waals surface area (Å²) < 4.78 is 15.0. The van der Waals surface area contributed by atoms with E-state index in [1.165, 1.54) is 36.0 Å². The summed E-state index contributed by atoms with van der Waals surface area (Å²) in [5.41, 5.74) is 1.47. The van der Waals surface area contributed by atoms with E-state index in [9.17, 15) is 9.18 Å². The molecule has 0 aliphatic rings. The molecule has 1 N–H and O–H groups in total. The average molecular weight is 419 g/mol. The van der Waals surface area contributed by atoms with Crippen LogP contribution in [0.5, 0.6) is 0 Å². The number of nitrogens with zero attached hydrogens (tertiary/aromatic N) is 3. The van der Waals surface area contributed by atoms with E-state index in [4.69, 9.17) is 11.6 Å². The van der Waals surface area contributed by atoms with Crippen LogP contribution in [-0.2, 0) is 11.3 Å². The molecule has 2 aromatic carbocycles. The lowest BCUT2D eigenvalue weighted by Crippen LogP contribution is -2.23. The smallest absolute Gasteiger partial charge is 0.237 e. The van der Waals surface area contributed by atoms with Crippen molar-refractivity contribution in [1.82, 2.24) is 14.8 Å². The predicted octanol–water partition coefficient (Wildman–Crippen LogP) is 5.27. The predicted molar refractivity (Wildman–Crippen MR) is 111 cm³/mol. The molecule has 1 amide bonds. The van der Waals surface area contributed by atoms with Gasteiger partial charge in [-0.25, -0.2) is 4.39 Å². The SMILES string of the molecule is CCCn1c(S[C@H](C)C(=O)Nc2ccc(F)cc2)nnc1-c1ccc(Cl)cc1. The Labute approximate surface area is 172 Å². The lowest BCUT2D eigenvalue weighted by molar-refractivity contribution is -0.115. The van der Waals surface area contributed by atoms with E-state index in [0.29, 0.717) is 15.9 Å². The fourth-order valence-corrected chi connectivity index (χ4v) is 3.60. The van der Waals surface area contributed by atoms with Crippen LogP contribution < -0.4 is 5.32 Å². The number of nitrogens with one attached hydrogen (secondary N) is 1. The van der Waals surface area contributed by atoms with Crippen LogP contribution in [0.4, 0.5) is 10.1 Å². The monoisotopic (exact) mass is 418 g/mol. The quantitative estimate of drug-likeness (QED) is 0.531. The topological polar surface area (TPSA) is 59.8 Å². The Bertz CT molecular complexity index is 944. The number of rotatable bonds is 7. The number of benzene rings is 2. The van der Waals surface area contributed by atoms with Gasteiger partial charge in [-0.3, -0.25) is 4.79 Å². The number of thioether (sulfide) groups is 1. The van der Waals surface area contributed by atoms with E-state index in [0.717, 1.165) is 24.4 Å². The molecule has 146 valence electrons. The largest absolute Gasteiger partial charge is 0.325 e. The maximum absolute atomic E-state index is 13.0. The van der Waals surface area contributed by atoms with Crippen LogP contribution >= 0.6 is 23.4 Å². The van der Waals surface area contributed by atoms with Gasteiger partial charge in [0.15, 0.2) is 11.0 Å². The van der Waals surface area contributed by atoms with Crippen LogP contribution in [0, 0.1) is 5.82 Å². The first-order valence-electron chi connectivity index (χ1n) is 8.90. The molecule has 0 fully saturated rings. The molecule has 0 spiro atoms. The number of carbonyl (C=O) groups excluding carboxylic acids is 1. The van der Waals surface area contributed by atoms with Crippen LogP contribution in [0.1, 0.15) is 20.3 Å². The summed E-state index contributed by atoms with van der Waals surface area (Å²) in [7, 11) is 0. The fraction of sp³-hybridized carbons (Fsp3) is 0.250. The number of carbonyl (C=O) groups is 1. The molecule has 0 saturated heterocycles. The Balaban J connectivity index is 1.76. The minimum absolute atomic E-state index is 0.185. The molecule has 0 radical (unpaired) electrons. The van der Waals surface area contributed by atoms with E-state index in [1.807, 2.05) is 28.8 Å². The molecule has 0 aliphatic heterocycles. The second kappa shape index (κ2) is 9.21. The second-order valence-corrected chi connectivity index (χ2v) is 7.97. The Morgan fingerprint density at radius 3 is 2.50 bits per heavy atom. The molecule has 1 atom stereocenters. The van der Waals surface area contributed by atoms with Gasteiger partial charge < -0.3 is 9.88 Å². The minimum atomic E-state index is -0.400. The number of anilines is 1. The maximum atomic E-state index is 13.0. The molecule has 0 aliphatic carbocycles. The molecular weight excluding hydrogens is 399 g/mol. The fourth-order valence-electron chi connectivity index (χ4n) is 2.60. The van der Waals surface area contributed by atoms with Crippen molar-refractivity contribution in [3.8, 4) is 11.4 Å². The first kappa shape index (κ1) is 20.4. The molecule has 8 heteroatoms. The van der Waals surface area contributed by atoms with Gasteiger partial charge in [0.05, 0.1) is 5.25 Å². The molecule has 0 bridgehead atoms. The highest BCUT2D eigenvalue weighted by molar-refractivity contribution is 8.00. The van der Waals surface area contributed by atoms with Gasteiger partial charge in [0.25, 0.3) is 0 Å². The van der Waals surface area contributed by atoms with Gasteiger partial charge in [-0.1, -0.05) is 30.3 Å². The molecule has 3 rings (SSSR count). The number of aromatic nitrogens is 3. The maximum Gasteiger partial charge on any atom is 0.237 e. The summed E-state index contributed by atoms with van der Waals surface area (Å²) in [6.45, 7) is 4.61. The highest BCUT2D eigenvalue weighted by Crippen LogP contribution is 2.28. The Kier molecular flexibility index (Phi) is 6.70. The minimum Gasteiger partial charge on any atom is -0.325 e. The van der Waals surface area contributed by atoms with Crippen LogP contribution in [0.25, 0.3) is 11.4 Å². The first-order valence-corrected chi connectivity index (χ1v) is 10.2. The van der Waals surface area contributed by atoms with Crippen molar-refractivity contribution < 1.29 is 9.18 Å². The van der Waals surface area contributed by atoms with E-state index in [2.05, 4.69) is 22.4 Å². The van der Waals surface area contributed by atoms with E-state index in [1.54, 1.807) is 6.92 Å². The highest BCUT2D eigenvalue weighted by Gasteiger charge is 2.20. The third-order valence-electron chi connectivity index (χ3n) is 4.03. The molecule has 1 heterocycles. The lowest BCUT2D eigenvalue weighted by Gasteiger charge is -2.13. The average Bonchev–Trinajstić information content (AvgIpc) is 3.07. The number of hydrogen-bond acceptors (Lipinski definition) is 4. The molecular formula is C20H20ClFN4OS. The van der Waals surface area contributed by atoms with Crippen LogP contribution in [0.3, 0.4) is 0 Å². The molecule has 0 saturated carbocycles. The summed E-state index contributed by atoms with van der Waals surface area (Å²) in [5, 5.41) is 12.3. The first-order chi connectivity index (χ1) is 13.5. The normalized spacial score (nSPS) is 12.0. The highest BCUT2D eigenvalue weighted by atomic mass is 35.5. The lowest BCUT2D eigenvalue weighted by atomic mass is 10.2. The Hall–Kier alpha value is -2.38. The second-order valence-electron chi connectivity index (χ2n) is 6.22. The molecule has 5 nitrogen and oxygen atoms in total. The summed E-state index contributed by atoms with van der Waals surface area (Å²) >= 11 is 7.31. The van der Waals surface area contributed by atoms with E-state index < -0.39 is 5.25 Å². The summed E-state index contributed by atoms with van der Waals surface area (Å²) in [6.07, 6.45) is 0.905. The zero-order chi connectivity index (χ0) is 20.1. The Morgan fingerprint density at radius 2 is 1.86 bits per heavy atom. The third-order valence-corrected chi connectivity index (χ3v) is 5.36. The van der Waals surface area contributed by atoms with Crippen LogP contribution in [0.2, 0.25) is 5.02 Å². The summed E-state index contributed by atoms with van der Waals surface area (Å²) in [4.78, 5) is 12.5. The van der Waals surface area contributed by atoms with Crippen LogP contribution in [0.15, 0.2) is 53.7 Å². The van der Waals surface area contributed by atoms with Gasteiger partial charge in [-0.05, 0) is 61.9 Å². The number of halogens is 2. The van der Waals surface area contributed by atoms with Crippen molar-refractivity contribution in [3.63, 3.8) is 0 Å². The number of amides is 1. The molecule has 3 aromatic rings. The van der Waals surface area contributed by atoms with Gasteiger partial charge >= 0.3 is 0 Å². The molecule has 28 heavy (non-hydrogen) atoms. The molecule has 1 aromatic heterocycles. The van der Waals surface area contributed by atoms with E-state index in [-0.39, 0.29) is 11.7 Å².